The minimum Gasteiger partial charge on any atom is -0.365 e. The van der Waals surface area contributed by atoms with Crippen LogP contribution in [0.25, 0.3) is 0 Å². The summed E-state index contributed by atoms with van der Waals surface area (Å²) in [5.74, 6) is 1.42. The fourth-order valence-electron chi connectivity index (χ4n) is 1.95. The lowest BCUT2D eigenvalue weighted by atomic mass is 10.1. The van der Waals surface area contributed by atoms with Gasteiger partial charge < -0.3 is 10.6 Å². The van der Waals surface area contributed by atoms with Gasteiger partial charge in [0.1, 0.15) is 5.82 Å². The predicted octanol–water partition coefficient (Wildman–Crippen LogP) is 4.05. The standard InChI is InChI=1S/C16H22N4/c1-11-6-7-13(12(2)10-11)18-15-17-9-8-14(19-15)20-16(3,4)5/h6-10H,1-5H3,(H2,17,18,19,20). The van der Waals surface area contributed by atoms with Gasteiger partial charge in [-0.05, 0) is 52.3 Å². The largest absolute Gasteiger partial charge is 0.365 e. The first-order valence-corrected chi connectivity index (χ1v) is 6.79. The summed E-state index contributed by atoms with van der Waals surface area (Å²) in [5, 5.41) is 6.60. The lowest BCUT2D eigenvalue weighted by molar-refractivity contribution is 0.630. The zero-order valence-electron chi connectivity index (χ0n) is 12.8. The SMILES string of the molecule is Cc1ccc(Nc2nccc(NC(C)(C)C)n2)c(C)c1. The van der Waals surface area contributed by atoms with Gasteiger partial charge in [0.15, 0.2) is 0 Å². The van der Waals surface area contributed by atoms with Gasteiger partial charge in [-0.15, -0.1) is 0 Å². The van der Waals surface area contributed by atoms with Crippen molar-refractivity contribution in [3.63, 3.8) is 0 Å². The second kappa shape index (κ2) is 5.49. The van der Waals surface area contributed by atoms with E-state index in [4.69, 9.17) is 0 Å². The fourth-order valence-corrected chi connectivity index (χ4v) is 1.95. The van der Waals surface area contributed by atoms with Gasteiger partial charge in [-0.1, -0.05) is 17.7 Å². The third kappa shape index (κ3) is 3.95. The molecule has 4 heteroatoms. The summed E-state index contributed by atoms with van der Waals surface area (Å²) >= 11 is 0. The number of nitrogens with zero attached hydrogens (tertiary/aromatic N) is 2. The quantitative estimate of drug-likeness (QED) is 0.883. The van der Waals surface area contributed by atoms with E-state index in [2.05, 4.69) is 73.4 Å². The van der Waals surface area contributed by atoms with Crippen molar-refractivity contribution in [3.05, 3.63) is 41.6 Å². The number of anilines is 3. The molecule has 4 nitrogen and oxygen atoms in total. The molecule has 0 aliphatic carbocycles. The highest BCUT2D eigenvalue weighted by Crippen LogP contribution is 2.20. The Balaban J connectivity index is 2.19. The van der Waals surface area contributed by atoms with E-state index in [1.807, 2.05) is 6.07 Å². The Bertz CT molecular complexity index is 600. The Labute approximate surface area is 120 Å². The number of hydrogen-bond donors (Lipinski definition) is 2. The fraction of sp³-hybridized carbons (Fsp3) is 0.375. The van der Waals surface area contributed by atoms with E-state index in [0.717, 1.165) is 11.5 Å². The second-order valence-corrected chi connectivity index (χ2v) is 6.08. The molecule has 2 N–H and O–H groups in total. The van der Waals surface area contributed by atoms with Crippen molar-refractivity contribution in [3.8, 4) is 0 Å². The number of aromatic nitrogens is 2. The summed E-state index contributed by atoms with van der Waals surface area (Å²) < 4.78 is 0. The molecular weight excluding hydrogens is 248 g/mol. The van der Waals surface area contributed by atoms with Crippen LogP contribution in [-0.2, 0) is 0 Å². The Kier molecular flexibility index (Phi) is 3.93. The Morgan fingerprint density at radius 1 is 1.05 bits per heavy atom. The van der Waals surface area contributed by atoms with Crippen LogP contribution in [0, 0.1) is 13.8 Å². The number of nitrogens with one attached hydrogen (secondary N) is 2. The molecule has 0 fully saturated rings. The van der Waals surface area contributed by atoms with E-state index in [1.54, 1.807) is 6.20 Å². The van der Waals surface area contributed by atoms with Gasteiger partial charge in [-0.2, -0.15) is 4.98 Å². The molecule has 0 radical (unpaired) electrons. The number of rotatable bonds is 3. The molecule has 2 rings (SSSR count). The maximum atomic E-state index is 4.48. The van der Waals surface area contributed by atoms with Crippen molar-refractivity contribution < 1.29 is 0 Å². The maximum absolute atomic E-state index is 4.48. The predicted molar refractivity (Wildman–Crippen MR) is 84.6 cm³/mol. The van der Waals surface area contributed by atoms with Crippen LogP contribution in [-0.4, -0.2) is 15.5 Å². The van der Waals surface area contributed by atoms with Crippen LogP contribution in [0.5, 0.6) is 0 Å². The smallest absolute Gasteiger partial charge is 0.229 e. The zero-order chi connectivity index (χ0) is 14.8. The average molecular weight is 270 g/mol. The summed E-state index contributed by atoms with van der Waals surface area (Å²) in [7, 11) is 0. The minimum absolute atomic E-state index is 0.0224. The molecule has 0 amide bonds. The van der Waals surface area contributed by atoms with Crippen molar-refractivity contribution in [2.24, 2.45) is 0 Å². The van der Waals surface area contributed by atoms with Crippen molar-refractivity contribution >= 4 is 17.5 Å². The first-order valence-electron chi connectivity index (χ1n) is 6.79. The first kappa shape index (κ1) is 14.3. The average Bonchev–Trinajstić information content (AvgIpc) is 2.31. The van der Waals surface area contributed by atoms with Crippen molar-refractivity contribution in [1.82, 2.24) is 9.97 Å². The summed E-state index contributed by atoms with van der Waals surface area (Å²) in [6.07, 6.45) is 1.76. The van der Waals surface area contributed by atoms with Gasteiger partial charge >= 0.3 is 0 Å². The molecule has 20 heavy (non-hydrogen) atoms. The van der Waals surface area contributed by atoms with Crippen LogP contribution in [0.1, 0.15) is 31.9 Å². The van der Waals surface area contributed by atoms with Crippen LogP contribution >= 0.6 is 0 Å². The molecule has 0 saturated carbocycles. The molecule has 0 unspecified atom stereocenters. The normalized spacial score (nSPS) is 11.2. The molecule has 0 atom stereocenters. The molecule has 0 aliphatic rings. The van der Waals surface area contributed by atoms with Crippen molar-refractivity contribution in [2.75, 3.05) is 10.6 Å². The molecule has 0 spiro atoms. The molecule has 2 aromatic rings. The van der Waals surface area contributed by atoms with Crippen LogP contribution in [0.15, 0.2) is 30.5 Å². The van der Waals surface area contributed by atoms with Crippen LogP contribution in [0.3, 0.4) is 0 Å². The summed E-state index contributed by atoms with van der Waals surface area (Å²) in [5.41, 5.74) is 3.44. The van der Waals surface area contributed by atoms with Gasteiger partial charge in [-0.3, -0.25) is 0 Å². The minimum atomic E-state index is -0.0224. The van der Waals surface area contributed by atoms with Gasteiger partial charge in [0.25, 0.3) is 0 Å². The van der Waals surface area contributed by atoms with E-state index in [1.165, 1.54) is 11.1 Å². The third-order valence-electron chi connectivity index (χ3n) is 2.79. The van der Waals surface area contributed by atoms with Gasteiger partial charge in [0, 0.05) is 17.4 Å². The molecule has 1 heterocycles. The van der Waals surface area contributed by atoms with Crippen LogP contribution < -0.4 is 10.6 Å². The number of benzene rings is 1. The van der Waals surface area contributed by atoms with Crippen LogP contribution in [0.2, 0.25) is 0 Å². The van der Waals surface area contributed by atoms with Gasteiger partial charge in [0.2, 0.25) is 5.95 Å². The molecule has 1 aromatic heterocycles. The van der Waals surface area contributed by atoms with Gasteiger partial charge in [-0.25, -0.2) is 4.98 Å². The van der Waals surface area contributed by atoms with E-state index in [9.17, 15) is 0 Å². The highest BCUT2D eigenvalue weighted by Gasteiger charge is 2.10. The highest BCUT2D eigenvalue weighted by molar-refractivity contribution is 5.59. The van der Waals surface area contributed by atoms with E-state index in [0.29, 0.717) is 5.95 Å². The lowest BCUT2D eigenvalue weighted by Crippen LogP contribution is -2.26. The molecule has 0 bridgehead atoms. The summed E-state index contributed by atoms with van der Waals surface area (Å²) in [6, 6.07) is 8.14. The molecule has 0 aliphatic heterocycles. The molecule has 106 valence electrons. The Morgan fingerprint density at radius 2 is 1.80 bits per heavy atom. The van der Waals surface area contributed by atoms with E-state index < -0.39 is 0 Å². The summed E-state index contributed by atoms with van der Waals surface area (Å²) in [4.78, 5) is 8.75. The molecule has 0 saturated heterocycles. The topological polar surface area (TPSA) is 49.8 Å². The van der Waals surface area contributed by atoms with E-state index >= 15 is 0 Å². The lowest BCUT2D eigenvalue weighted by Gasteiger charge is -2.21. The molecule has 1 aromatic carbocycles. The number of hydrogen-bond acceptors (Lipinski definition) is 4. The molecular formula is C16H22N4. The van der Waals surface area contributed by atoms with Crippen molar-refractivity contribution in [2.45, 2.75) is 40.2 Å². The first-order chi connectivity index (χ1) is 9.33. The Hall–Kier alpha value is -2.10. The monoisotopic (exact) mass is 270 g/mol. The van der Waals surface area contributed by atoms with Crippen molar-refractivity contribution in [1.29, 1.82) is 0 Å². The summed E-state index contributed by atoms with van der Waals surface area (Å²) in [6.45, 7) is 10.5. The maximum Gasteiger partial charge on any atom is 0.229 e. The van der Waals surface area contributed by atoms with Crippen LogP contribution in [0.4, 0.5) is 17.5 Å². The second-order valence-electron chi connectivity index (χ2n) is 6.08. The number of aryl methyl sites for hydroxylation is 2. The Morgan fingerprint density at radius 3 is 2.45 bits per heavy atom. The zero-order valence-corrected chi connectivity index (χ0v) is 12.8. The van der Waals surface area contributed by atoms with Gasteiger partial charge in [0.05, 0.1) is 0 Å². The van der Waals surface area contributed by atoms with E-state index in [-0.39, 0.29) is 5.54 Å². The third-order valence-corrected chi connectivity index (χ3v) is 2.79. The highest BCUT2D eigenvalue weighted by atomic mass is 15.2.